The Labute approximate surface area is 292 Å². The number of aliphatic hydroxyl groups is 1. The zero-order chi connectivity index (χ0) is 36.4. The van der Waals surface area contributed by atoms with Gasteiger partial charge in [-0.3, -0.25) is 19.7 Å². The second-order valence-corrected chi connectivity index (χ2v) is 13.2. The molecule has 0 saturated carbocycles. The van der Waals surface area contributed by atoms with E-state index in [4.69, 9.17) is 14.2 Å². The second-order valence-electron chi connectivity index (χ2n) is 13.2. The molecule has 0 spiro atoms. The zero-order valence-corrected chi connectivity index (χ0v) is 29.4. The van der Waals surface area contributed by atoms with Crippen LogP contribution in [0.25, 0.3) is 10.8 Å². The van der Waals surface area contributed by atoms with Crippen LogP contribution in [0.1, 0.15) is 37.5 Å². The van der Waals surface area contributed by atoms with Crippen molar-refractivity contribution in [2.75, 3.05) is 21.3 Å². The van der Waals surface area contributed by atoms with Crippen LogP contribution in [-0.4, -0.2) is 73.6 Å². The van der Waals surface area contributed by atoms with Gasteiger partial charge in [-0.25, -0.2) is 0 Å². The minimum Gasteiger partial charge on any atom is -0.493 e. The van der Waals surface area contributed by atoms with Crippen molar-refractivity contribution in [1.29, 1.82) is 0 Å². The molecule has 0 unspecified atom stereocenters. The summed E-state index contributed by atoms with van der Waals surface area (Å²) in [6.45, 7) is 5.47. The molecule has 0 bridgehead atoms. The molecule has 11 nitrogen and oxygen atoms in total. The standard InChI is InChI=1S/C39H47N3O8/c1-39(2,3)36(42-31(43)22-26-17-12-16-25-15-10-11-18-28(25)26)37(45)41-29(21-24-13-8-7-9-14-24)33(44)32(38(46)47)40-23-27-19-20-30(48-4)35(50-6)34(27)49-5/h7-20,29,32-33,36,40,44H,21-23H2,1-6H3,(H,41,45)(H,42,43)(H,46,47)/t29-,32+,33+,36+/m0/s1. The summed E-state index contributed by atoms with van der Waals surface area (Å²) in [5.74, 6) is -1.09. The van der Waals surface area contributed by atoms with E-state index in [-0.39, 0.29) is 25.3 Å². The molecule has 50 heavy (non-hydrogen) atoms. The minimum atomic E-state index is -1.59. The predicted octanol–water partition coefficient (Wildman–Crippen LogP) is 4.27. The second kappa shape index (κ2) is 17.0. The zero-order valence-electron chi connectivity index (χ0n) is 29.4. The fourth-order valence-electron chi connectivity index (χ4n) is 6.01. The van der Waals surface area contributed by atoms with E-state index in [9.17, 15) is 24.6 Å². The number of rotatable bonds is 16. The lowest BCUT2D eigenvalue weighted by Crippen LogP contribution is -2.61. The number of carbonyl (C=O) groups is 3. The molecule has 0 saturated heterocycles. The van der Waals surface area contributed by atoms with Gasteiger partial charge in [-0.05, 0) is 39.8 Å². The van der Waals surface area contributed by atoms with Gasteiger partial charge in [-0.2, -0.15) is 0 Å². The minimum absolute atomic E-state index is 0.0155. The smallest absolute Gasteiger partial charge is 0.323 e. The highest BCUT2D eigenvalue weighted by Crippen LogP contribution is 2.39. The van der Waals surface area contributed by atoms with Gasteiger partial charge in [0.05, 0.1) is 33.8 Å². The number of aliphatic carboxylic acids is 1. The number of aliphatic hydroxyl groups excluding tert-OH is 1. The molecule has 0 heterocycles. The Hall–Kier alpha value is -5.13. The van der Waals surface area contributed by atoms with Crippen molar-refractivity contribution in [2.45, 2.75) is 64.4 Å². The summed E-state index contributed by atoms with van der Waals surface area (Å²) in [5.41, 5.74) is 1.44. The molecule has 0 aliphatic carbocycles. The Morgan fingerprint density at radius 1 is 0.760 bits per heavy atom. The lowest BCUT2D eigenvalue weighted by Gasteiger charge is -2.34. The highest BCUT2D eigenvalue weighted by atomic mass is 16.5. The number of fused-ring (bicyclic) bond motifs is 1. The molecule has 266 valence electrons. The van der Waals surface area contributed by atoms with Crippen molar-refractivity contribution in [3.8, 4) is 17.2 Å². The molecular formula is C39H47N3O8. The summed E-state index contributed by atoms with van der Waals surface area (Å²) >= 11 is 0. The fraction of sp³-hybridized carbons (Fsp3) is 0.359. The summed E-state index contributed by atoms with van der Waals surface area (Å²) in [6, 6.07) is 22.5. The maximum atomic E-state index is 14.0. The van der Waals surface area contributed by atoms with Crippen molar-refractivity contribution < 1.29 is 38.8 Å². The summed E-state index contributed by atoms with van der Waals surface area (Å²) in [7, 11) is 4.42. The number of hydrogen-bond donors (Lipinski definition) is 5. The highest BCUT2D eigenvalue weighted by Gasteiger charge is 2.38. The molecular weight excluding hydrogens is 638 g/mol. The first-order chi connectivity index (χ1) is 23.9. The number of carbonyl (C=O) groups excluding carboxylic acids is 2. The lowest BCUT2D eigenvalue weighted by molar-refractivity contribution is -0.144. The number of ether oxygens (including phenoxy) is 3. The Kier molecular flexibility index (Phi) is 12.8. The van der Waals surface area contributed by atoms with Crippen LogP contribution < -0.4 is 30.2 Å². The van der Waals surface area contributed by atoms with Crippen LogP contribution in [0.2, 0.25) is 0 Å². The molecule has 2 amide bonds. The summed E-state index contributed by atoms with van der Waals surface area (Å²) in [4.78, 5) is 40.1. The predicted molar refractivity (Wildman–Crippen MR) is 191 cm³/mol. The van der Waals surface area contributed by atoms with Crippen LogP contribution >= 0.6 is 0 Å². The maximum Gasteiger partial charge on any atom is 0.323 e. The Bertz CT molecular complexity index is 1770. The fourth-order valence-corrected chi connectivity index (χ4v) is 6.01. The van der Waals surface area contributed by atoms with E-state index >= 15 is 0 Å². The molecule has 4 aromatic carbocycles. The number of hydrogen-bond acceptors (Lipinski definition) is 8. The Morgan fingerprint density at radius 3 is 2.06 bits per heavy atom. The number of carboxylic acids is 1. The van der Waals surface area contributed by atoms with Gasteiger partial charge >= 0.3 is 5.97 Å². The van der Waals surface area contributed by atoms with E-state index in [2.05, 4.69) is 16.0 Å². The number of amides is 2. The van der Waals surface area contributed by atoms with E-state index < -0.39 is 41.5 Å². The monoisotopic (exact) mass is 685 g/mol. The van der Waals surface area contributed by atoms with E-state index in [1.165, 1.54) is 21.3 Å². The number of carboxylic acid groups (broad SMARTS) is 1. The van der Waals surface area contributed by atoms with Gasteiger partial charge in [-0.1, -0.05) is 99.6 Å². The average Bonchev–Trinajstić information content (AvgIpc) is 3.09. The van der Waals surface area contributed by atoms with E-state index in [1.807, 2.05) is 93.6 Å². The Balaban J connectivity index is 1.57. The van der Waals surface area contributed by atoms with Crippen LogP contribution in [0.4, 0.5) is 0 Å². The molecule has 0 aliphatic heterocycles. The molecule has 0 aliphatic rings. The average molecular weight is 686 g/mol. The summed E-state index contributed by atoms with van der Waals surface area (Å²) in [5, 5.41) is 32.6. The van der Waals surface area contributed by atoms with Gasteiger partial charge in [-0.15, -0.1) is 0 Å². The molecule has 11 heteroatoms. The Morgan fingerprint density at radius 2 is 1.42 bits per heavy atom. The topological polar surface area (TPSA) is 155 Å². The van der Waals surface area contributed by atoms with Gasteiger partial charge in [0, 0.05) is 12.1 Å². The quantitative estimate of drug-likeness (QED) is 0.116. The first-order valence-corrected chi connectivity index (χ1v) is 16.4. The third-order valence-electron chi connectivity index (χ3n) is 8.61. The molecule has 0 aromatic heterocycles. The number of nitrogens with one attached hydrogen (secondary N) is 3. The van der Waals surface area contributed by atoms with Crippen LogP contribution in [0.5, 0.6) is 17.2 Å². The normalized spacial score (nSPS) is 13.8. The molecule has 4 rings (SSSR count). The van der Waals surface area contributed by atoms with Crippen molar-refractivity contribution in [2.24, 2.45) is 5.41 Å². The van der Waals surface area contributed by atoms with Crippen molar-refractivity contribution >= 4 is 28.6 Å². The molecule has 5 N–H and O–H groups in total. The van der Waals surface area contributed by atoms with Gasteiger partial charge in [0.2, 0.25) is 17.6 Å². The molecule has 0 fully saturated rings. The van der Waals surface area contributed by atoms with Gasteiger partial charge in [0.1, 0.15) is 18.2 Å². The van der Waals surface area contributed by atoms with Crippen molar-refractivity contribution in [1.82, 2.24) is 16.0 Å². The molecule has 4 aromatic rings. The van der Waals surface area contributed by atoms with E-state index in [1.54, 1.807) is 12.1 Å². The maximum absolute atomic E-state index is 14.0. The first kappa shape index (κ1) is 37.7. The van der Waals surface area contributed by atoms with E-state index in [0.717, 1.165) is 21.9 Å². The largest absolute Gasteiger partial charge is 0.493 e. The van der Waals surface area contributed by atoms with E-state index in [0.29, 0.717) is 22.8 Å². The third kappa shape index (κ3) is 9.31. The summed E-state index contributed by atoms with van der Waals surface area (Å²) in [6.07, 6.45) is -1.41. The van der Waals surface area contributed by atoms with Crippen molar-refractivity contribution in [3.63, 3.8) is 0 Å². The van der Waals surface area contributed by atoms with Crippen LogP contribution in [0.3, 0.4) is 0 Å². The number of benzene rings is 4. The van der Waals surface area contributed by atoms with Gasteiger partial charge < -0.3 is 35.1 Å². The van der Waals surface area contributed by atoms with Crippen LogP contribution in [0, 0.1) is 5.41 Å². The lowest BCUT2D eigenvalue weighted by atomic mass is 9.85. The SMILES string of the molecule is COc1ccc(CN[C@@H](C(=O)O)[C@H](O)[C@H](Cc2ccccc2)NC(=O)[C@@H](NC(=O)Cc2cccc3ccccc23)C(C)(C)C)c(OC)c1OC. The van der Waals surface area contributed by atoms with Crippen LogP contribution in [0.15, 0.2) is 84.9 Å². The van der Waals surface area contributed by atoms with Gasteiger partial charge in [0.15, 0.2) is 11.5 Å². The van der Waals surface area contributed by atoms with Crippen LogP contribution in [-0.2, 0) is 33.8 Å². The number of methoxy groups -OCH3 is 3. The van der Waals surface area contributed by atoms with Gasteiger partial charge in [0.25, 0.3) is 0 Å². The highest BCUT2D eigenvalue weighted by molar-refractivity contribution is 5.93. The summed E-state index contributed by atoms with van der Waals surface area (Å²) < 4.78 is 16.4. The van der Waals surface area contributed by atoms with Crippen molar-refractivity contribution in [3.05, 3.63) is 102 Å². The third-order valence-corrected chi connectivity index (χ3v) is 8.61. The molecule has 0 radical (unpaired) electrons. The first-order valence-electron chi connectivity index (χ1n) is 16.4. The molecule has 4 atom stereocenters.